The van der Waals surface area contributed by atoms with Crippen LogP contribution >= 0.6 is 0 Å². The number of allylic oxidation sites excluding steroid dienone is 1. The first-order chi connectivity index (χ1) is 6.41. The van der Waals surface area contributed by atoms with Gasteiger partial charge in [0.05, 0.1) is 0 Å². The summed E-state index contributed by atoms with van der Waals surface area (Å²) in [5, 5.41) is 0. The minimum absolute atomic E-state index is 0.735. The van der Waals surface area contributed by atoms with Gasteiger partial charge in [0.15, 0.2) is 0 Å². The van der Waals surface area contributed by atoms with E-state index in [-0.39, 0.29) is 0 Å². The van der Waals surface area contributed by atoms with Crippen molar-refractivity contribution >= 4 is 6.29 Å². The highest BCUT2D eigenvalue weighted by Gasteiger charge is 1.89. The molecule has 0 radical (unpaired) electrons. The van der Waals surface area contributed by atoms with Crippen LogP contribution in [0.3, 0.4) is 0 Å². The highest BCUT2D eigenvalue weighted by atomic mass is 16.1. The minimum Gasteiger partial charge on any atom is -0.303 e. The summed E-state index contributed by atoms with van der Waals surface area (Å²) >= 11 is 0. The van der Waals surface area contributed by atoms with Gasteiger partial charge in [0, 0.05) is 6.42 Å². The maximum atomic E-state index is 9.99. The Morgan fingerprint density at radius 2 is 1.46 bits per heavy atom. The molecule has 0 amide bonds. The second kappa shape index (κ2) is 11.2. The average Bonchev–Trinajstić information content (AvgIpc) is 2.16. The smallest absolute Gasteiger partial charge is 0.119 e. The van der Waals surface area contributed by atoms with Crippen molar-refractivity contribution in [1.82, 2.24) is 0 Å². The highest BCUT2D eigenvalue weighted by Crippen LogP contribution is 2.07. The monoisotopic (exact) mass is 180 g/mol. The summed E-state index contributed by atoms with van der Waals surface area (Å²) in [6.07, 6.45) is 12.2. The van der Waals surface area contributed by atoms with Crippen molar-refractivity contribution in [2.75, 3.05) is 0 Å². The van der Waals surface area contributed by atoms with E-state index in [0.717, 1.165) is 25.5 Å². The summed E-state index contributed by atoms with van der Waals surface area (Å²) in [7, 11) is 0. The lowest BCUT2D eigenvalue weighted by atomic mass is 10.1. The second-order valence-electron chi connectivity index (χ2n) is 3.27. The molecule has 0 aromatic heterocycles. The fourth-order valence-corrected chi connectivity index (χ4v) is 1.28. The molecule has 0 saturated carbocycles. The molecule has 13 heavy (non-hydrogen) atoms. The quantitative estimate of drug-likeness (QED) is 0.301. The molecule has 0 aromatic carbocycles. The van der Waals surface area contributed by atoms with Crippen LogP contribution in [0.4, 0.5) is 0 Å². The molecule has 0 aromatic rings. The van der Waals surface area contributed by atoms with Gasteiger partial charge in [-0.3, -0.25) is 0 Å². The molecule has 0 unspecified atom stereocenters. The number of carbonyl (C=O) groups is 1. The number of rotatable bonds is 9. The van der Waals surface area contributed by atoms with Crippen LogP contribution in [0.25, 0.3) is 0 Å². The first kappa shape index (κ1) is 12.2. The molecule has 0 atom stereocenters. The molecule has 0 bridgehead atoms. The molecule has 74 valence electrons. The van der Waals surface area contributed by atoms with Crippen LogP contribution in [0.15, 0.2) is 18.4 Å². The van der Waals surface area contributed by atoms with Crippen molar-refractivity contribution in [3.63, 3.8) is 0 Å². The normalized spacial score (nSPS) is 9.23. The summed E-state index contributed by atoms with van der Waals surface area (Å²) < 4.78 is 0. The minimum atomic E-state index is 0.735. The zero-order chi connectivity index (χ0) is 9.78. The molecular formula is C12H20O. The van der Waals surface area contributed by atoms with Gasteiger partial charge in [-0.25, -0.2) is 0 Å². The van der Waals surface area contributed by atoms with Crippen LogP contribution in [0.2, 0.25) is 0 Å². The third kappa shape index (κ3) is 11.2. The van der Waals surface area contributed by atoms with Crippen molar-refractivity contribution in [1.29, 1.82) is 0 Å². The van der Waals surface area contributed by atoms with Crippen LogP contribution in [-0.2, 0) is 4.79 Å². The molecule has 0 rings (SSSR count). The van der Waals surface area contributed by atoms with E-state index < -0.39 is 0 Å². The van der Waals surface area contributed by atoms with E-state index in [1.54, 1.807) is 0 Å². The second-order valence-corrected chi connectivity index (χ2v) is 3.27. The van der Waals surface area contributed by atoms with Crippen molar-refractivity contribution in [3.05, 3.63) is 18.4 Å². The van der Waals surface area contributed by atoms with Gasteiger partial charge in [-0.05, 0) is 25.3 Å². The van der Waals surface area contributed by atoms with Gasteiger partial charge in [-0.2, -0.15) is 0 Å². The third-order valence-corrected chi connectivity index (χ3v) is 2.06. The fourth-order valence-electron chi connectivity index (χ4n) is 1.28. The predicted molar refractivity (Wildman–Crippen MR) is 56.7 cm³/mol. The van der Waals surface area contributed by atoms with Crippen LogP contribution in [0, 0.1) is 0 Å². The predicted octanol–water partition coefficient (Wildman–Crippen LogP) is 3.65. The standard InChI is InChI=1S/C12H20O/c1-2-3-4-5-6-7-8-9-10-11-12-13/h3,12H,1,4-11H2. The first-order valence-electron chi connectivity index (χ1n) is 5.19. The maximum absolute atomic E-state index is 9.99. The Morgan fingerprint density at radius 3 is 2.00 bits per heavy atom. The SMILES string of the molecule is C=C=CCCCCCCCCC=O. The van der Waals surface area contributed by atoms with Crippen molar-refractivity contribution < 1.29 is 4.79 Å². The molecule has 0 aliphatic heterocycles. The van der Waals surface area contributed by atoms with Crippen LogP contribution in [0.5, 0.6) is 0 Å². The zero-order valence-electron chi connectivity index (χ0n) is 8.43. The number of hydrogen-bond acceptors (Lipinski definition) is 1. The van der Waals surface area contributed by atoms with Crippen LogP contribution < -0.4 is 0 Å². The van der Waals surface area contributed by atoms with Crippen LogP contribution in [-0.4, -0.2) is 6.29 Å². The van der Waals surface area contributed by atoms with Crippen molar-refractivity contribution in [3.8, 4) is 0 Å². The van der Waals surface area contributed by atoms with Gasteiger partial charge in [0.2, 0.25) is 0 Å². The lowest BCUT2D eigenvalue weighted by Gasteiger charge is -1.97. The first-order valence-corrected chi connectivity index (χ1v) is 5.19. The molecule has 0 N–H and O–H groups in total. The van der Waals surface area contributed by atoms with Gasteiger partial charge in [-0.1, -0.05) is 32.3 Å². The number of unbranched alkanes of at least 4 members (excludes halogenated alkanes) is 7. The Bertz CT molecular complexity index is 155. The van der Waals surface area contributed by atoms with Gasteiger partial charge in [-0.15, -0.1) is 5.73 Å². The highest BCUT2D eigenvalue weighted by molar-refractivity contribution is 5.48. The Labute approximate surface area is 81.5 Å². The molecule has 1 nitrogen and oxygen atoms in total. The van der Waals surface area contributed by atoms with E-state index in [0.29, 0.717) is 0 Å². The summed E-state index contributed by atoms with van der Waals surface area (Å²) in [4.78, 5) is 9.99. The van der Waals surface area contributed by atoms with Gasteiger partial charge in [0.25, 0.3) is 0 Å². The van der Waals surface area contributed by atoms with Crippen LogP contribution in [0.1, 0.15) is 51.4 Å². The Hall–Kier alpha value is -0.810. The van der Waals surface area contributed by atoms with E-state index >= 15 is 0 Å². The number of hydrogen-bond donors (Lipinski definition) is 0. The lowest BCUT2D eigenvalue weighted by Crippen LogP contribution is -1.80. The van der Waals surface area contributed by atoms with Gasteiger partial charge < -0.3 is 4.79 Å². The van der Waals surface area contributed by atoms with Gasteiger partial charge >= 0.3 is 0 Å². The van der Waals surface area contributed by atoms with Gasteiger partial charge in [0.1, 0.15) is 6.29 Å². The zero-order valence-corrected chi connectivity index (χ0v) is 8.43. The summed E-state index contributed by atoms with van der Waals surface area (Å²) in [6, 6.07) is 0. The average molecular weight is 180 g/mol. The molecule has 0 fully saturated rings. The maximum Gasteiger partial charge on any atom is 0.119 e. The van der Waals surface area contributed by atoms with E-state index in [2.05, 4.69) is 12.3 Å². The molecular weight excluding hydrogens is 160 g/mol. The van der Waals surface area contributed by atoms with Crippen molar-refractivity contribution in [2.24, 2.45) is 0 Å². The summed E-state index contributed by atoms with van der Waals surface area (Å²) in [6.45, 7) is 3.51. The van der Waals surface area contributed by atoms with Crippen molar-refractivity contribution in [2.45, 2.75) is 51.4 Å². The third-order valence-electron chi connectivity index (χ3n) is 2.06. The molecule has 0 saturated heterocycles. The molecule has 0 aliphatic rings. The molecule has 1 heteroatoms. The van der Waals surface area contributed by atoms with E-state index in [4.69, 9.17) is 0 Å². The molecule has 0 aliphatic carbocycles. The topological polar surface area (TPSA) is 17.1 Å². The molecule has 0 heterocycles. The summed E-state index contributed by atoms with van der Waals surface area (Å²) in [5.74, 6) is 0. The Balaban J connectivity index is 2.90. The summed E-state index contributed by atoms with van der Waals surface area (Å²) in [5.41, 5.74) is 2.77. The van der Waals surface area contributed by atoms with E-state index in [9.17, 15) is 4.79 Å². The number of carbonyl (C=O) groups excluding carboxylic acids is 1. The molecule has 0 spiro atoms. The number of aldehydes is 1. The fraction of sp³-hybridized carbons (Fsp3) is 0.667. The lowest BCUT2D eigenvalue weighted by molar-refractivity contribution is -0.107. The van der Waals surface area contributed by atoms with E-state index in [1.165, 1.54) is 32.1 Å². The Kier molecular flexibility index (Phi) is 10.5. The largest absolute Gasteiger partial charge is 0.303 e. The van der Waals surface area contributed by atoms with E-state index in [1.807, 2.05) is 6.08 Å². The Morgan fingerprint density at radius 1 is 0.923 bits per heavy atom.